The number of amides is 2. The van der Waals surface area contributed by atoms with E-state index >= 15 is 0 Å². The maximum absolute atomic E-state index is 12.4. The number of carbonyl (C=O) groups is 2. The Labute approximate surface area is 135 Å². The molecule has 2 aromatic rings. The average molecular weight is 313 g/mol. The van der Waals surface area contributed by atoms with Crippen LogP contribution < -0.4 is 9.47 Å². The van der Waals surface area contributed by atoms with E-state index in [1.165, 1.54) is 0 Å². The quantitative estimate of drug-likeness (QED) is 0.820. The van der Waals surface area contributed by atoms with E-state index in [0.29, 0.717) is 11.5 Å². The molecule has 2 amide bonds. The number of benzene rings is 2. The summed E-state index contributed by atoms with van der Waals surface area (Å²) in [5, 5.41) is 0. The summed E-state index contributed by atoms with van der Waals surface area (Å²) in [6.07, 6.45) is -1.57. The summed E-state index contributed by atoms with van der Waals surface area (Å²) in [7, 11) is 0. The number of ether oxygens (including phenoxy) is 2. The zero-order valence-electron chi connectivity index (χ0n) is 13.4. The van der Waals surface area contributed by atoms with Crippen molar-refractivity contribution in [2.24, 2.45) is 0 Å². The minimum atomic E-state index is -0.794. The van der Waals surface area contributed by atoms with E-state index in [-0.39, 0.29) is 0 Å². The van der Waals surface area contributed by atoms with Crippen LogP contribution in [-0.2, 0) is 0 Å². The molecule has 0 radical (unpaired) electrons. The van der Waals surface area contributed by atoms with Gasteiger partial charge in [0.15, 0.2) is 0 Å². The summed E-state index contributed by atoms with van der Waals surface area (Å²) in [6, 6.07) is 17.1. The van der Waals surface area contributed by atoms with E-state index < -0.39 is 17.7 Å². The van der Waals surface area contributed by atoms with E-state index in [9.17, 15) is 9.59 Å². The van der Waals surface area contributed by atoms with Gasteiger partial charge in [-0.15, -0.1) is 0 Å². The SMILES string of the molecule is CC(C)(C)N(C(=O)Oc1ccccc1)C(=O)Oc1ccccc1. The monoisotopic (exact) mass is 313 g/mol. The number of rotatable bonds is 2. The zero-order valence-corrected chi connectivity index (χ0v) is 13.4. The first-order valence-electron chi connectivity index (χ1n) is 7.22. The largest absolute Gasteiger partial charge is 0.425 e. The predicted octanol–water partition coefficient (Wildman–Crippen LogP) is 4.48. The van der Waals surface area contributed by atoms with Gasteiger partial charge < -0.3 is 9.47 Å². The van der Waals surface area contributed by atoms with Gasteiger partial charge in [-0.25, -0.2) is 14.5 Å². The van der Waals surface area contributed by atoms with Crippen LogP contribution in [0.15, 0.2) is 60.7 Å². The third-order valence-electron chi connectivity index (χ3n) is 2.93. The van der Waals surface area contributed by atoms with Gasteiger partial charge >= 0.3 is 12.2 Å². The number of nitrogens with zero attached hydrogens (tertiary/aromatic N) is 1. The van der Waals surface area contributed by atoms with Gasteiger partial charge in [-0.3, -0.25) is 0 Å². The number of hydrogen-bond acceptors (Lipinski definition) is 4. The van der Waals surface area contributed by atoms with Crippen LogP contribution in [0.5, 0.6) is 11.5 Å². The van der Waals surface area contributed by atoms with Crippen LogP contribution in [0.1, 0.15) is 20.8 Å². The Kier molecular flexibility index (Phi) is 5.01. The maximum atomic E-state index is 12.4. The molecule has 120 valence electrons. The van der Waals surface area contributed by atoms with Crippen LogP contribution in [-0.4, -0.2) is 22.6 Å². The molecular weight excluding hydrogens is 294 g/mol. The van der Waals surface area contributed by atoms with Crippen LogP contribution in [0.25, 0.3) is 0 Å². The molecule has 0 aliphatic rings. The third kappa shape index (κ3) is 4.57. The second-order valence-corrected chi connectivity index (χ2v) is 5.87. The van der Waals surface area contributed by atoms with Gasteiger partial charge in [-0.05, 0) is 45.0 Å². The fraction of sp³-hybridized carbons (Fsp3) is 0.222. The fourth-order valence-corrected chi connectivity index (χ4v) is 1.89. The second kappa shape index (κ2) is 6.96. The number of hydrogen-bond donors (Lipinski definition) is 0. The first-order chi connectivity index (χ1) is 10.9. The Balaban J connectivity index is 2.16. The second-order valence-electron chi connectivity index (χ2n) is 5.87. The molecule has 2 aromatic carbocycles. The van der Waals surface area contributed by atoms with E-state index in [1.807, 2.05) is 12.1 Å². The molecule has 2 rings (SSSR count). The van der Waals surface area contributed by atoms with Gasteiger partial charge in [0, 0.05) is 5.54 Å². The van der Waals surface area contributed by atoms with Crippen molar-refractivity contribution in [3.05, 3.63) is 60.7 Å². The molecule has 0 saturated carbocycles. The van der Waals surface area contributed by atoms with Crippen LogP contribution in [0.4, 0.5) is 9.59 Å². The highest BCUT2D eigenvalue weighted by Crippen LogP contribution is 2.20. The van der Waals surface area contributed by atoms with Gasteiger partial charge in [0.1, 0.15) is 11.5 Å². The Morgan fingerprint density at radius 2 is 1.09 bits per heavy atom. The van der Waals surface area contributed by atoms with Crippen molar-refractivity contribution in [1.29, 1.82) is 0 Å². The van der Waals surface area contributed by atoms with Gasteiger partial charge in [-0.1, -0.05) is 36.4 Å². The minimum Gasteiger partial charge on any atom is -0.410 e. The molecule has 0 bridgehead atoms. The molecule has 23 heavy (non-hydrogen) atoms. The Morgan fingerprint density at radius 1 is 0.739 bits per heavy atom. The summed E-state index contributed by atoms with van der Waals surface area (Å²) in [4.78, 5) is 25.7. The molecule has 0 fully saturated rings. The van der Waals surface area contributed by atoms with Crippen molar-refractivity contribution in [2.75, 3.05) is 0 Å². The number of imide groups is 1. The highest BCUT2D eigenvalue weighted by atomic mass is 16.6. The number of para-hydroxylation sites is 2. The molecule has 5 nitrogen and oxygen atoms in total. The van der Waals surface area contributed by atoms with E-state index in [2.05, 4.69) is 0 Å². The minimum absolute atomic E-state index is 0.360. The van der Waals surface area contributed by atoms with Crippen molar-refractivity contribution in [2.45, 2.75) is 26.3 Å². The first-order valence-corrected chi connectivity index (χ1v) is 7.22. The van der Waals surface area contributed by atoms with Crippen molar-refractivity contribution < 1.29 is 19.1 Å². The standard InChI is InChI=1S/C18H19NO4/c1-18(2,3)19(16(20)22-14-10-6-4-7-11-14)17(21)23-15-12-8-5-9-13-15/h4-13H,1-3H3. The lowest BCUT2D eigenvalue weighted by Crippen LogP contribution is -2.51. The molecule has 0 atom stereocenters. The summed E-state index contributed by atoms with van der Waals surface area (Å²) >= 11 is 0. The highest BCUT2D eigenvalue weighted by molar-refractivity contribution is 5.90. The average Bonchev–Trinajstić information content (AvgIpc) is 2.47. The van der Waals surface area contributed by atoms with Crippen molar-refractivity contribution in [3.8, 4) is 11.5 Å². The summed E-state index contributed by atoms with van der Waals surface area (Å²) in [6.45, 7) is 5.18. The smallest absolute Gasteiger partial charge is 0.410 e. The molecule has 0 aliphatic carbocycles. The van der Waals surface area contributed by atoms with Gasteiger partial charge in [0.05, 0.1) is 0 Å². The normalized spacial score (nSPS) is 10.7. The van der Waals surface area contributed by atoms with Crippen molar-refractivity contribution >= 4 is 12.2 Å². The lowest BCUT2D eigenvalue weighted by molar-refractivity contribution is 0.0965. The fourth-order valence-electron chi connectivity index (χ4n) is 1.89. The van der Waals surface area contributed by atoms with Gasteiger partial charge in [-0.2, -0.15) is 0 Å². The predicted molar refractivity (Wildman–Crippen MR) is 86.5 cm³/mol. The third-order valence-corrected chi connectivity index (χ3v) is 2.93. The van der Waals surface area contributed by atoms with Gasteiger partial charge in [0.2, 0.25) is 0 Å². The molecule has 5 heteroatoms. The zero-order chi connectivity index (χ0) is 16.9. The first kappa shape index (κ1) is 16.5. The molecule has 0 N–H and O–H groups in total. The highest BCUT2D eigenvalue weighted by Gasteiger charge is 2.36. The molecule has 0 saturated heterocycles. The molecule has 0 aromatic heterocycles. The van der Waals surface area contributed by atoms with E-state index in [1.54, 1.807) is 69.3 Å². The van der Waals surface area contributed by atoms with Crippen LogP contribution in [0.2, 0.25) is 0 Å². The van der Waals surface area contributed by atoms with Crippen LogP contribution in [0.3, 0.4) is 0 Å². The Hall–Kier alpha value is -2.82. The lowest BCUT2D eigenvalue weighted by atomic mass is 10.1. The molecule has 0 aliphatic heterocycles. The number of carbonyl (C=O) groups excluding carboxylic acids is 2. The lowest BCUT2D eigenvalue weighted by Gasteiger charge is -2.31. The van der Waals surface area contributed by atoms with Crippen molar-refractivity contribution in [3.63, 3.8) is 0 Å². The maximum Gasteiger partial charge on any atom is 0.425 e. The molecular formula is C18H19NO4. The summed E-state index contributed by atoms with van der Waals surface area (Å²) < 4.78 is 10.5. The Bertz CT molecular complexity index is 609. The molecule has 0 heterocycles. The van der Waals surface area contributed by atoms with Crippen LogP contribution >= 0.6 is 0 Å². The summed E-state index contributed by atoms with van der Waals surface area (Å²) in [5.74, 6) is 0.721. The topological polar surface area (TPSA) is 55.8 Å². The summed E-state index contributed by atoms with van der Waals surface area (Å²) in [5.41, 5.74) is -0.794. The van der Waals surface area contributed by atoms with Crippen LogP contribution in [0, 0.1) is 0 Å². The molecule has 0 spiro atoms. The van der Waals surface area contributed by atoms with Crippen molar-refractivity contribution in [1.82, 2.24) is 4.90 Å². The van der Waals surface area contributed by atoms with Gasteiger partial charge in [0.25, 0.3) is 0 Å². The van der Waals surface area contributed by atoms with E-state index in [4.69, 9.17) is 9.47 Å². The molecule has 0 unspecified atom stereocenters. The van der Waals surface area contributed by atoms with E-state index in [0.717, 1.165) is 4.90 Å². The Morgan fingerprint density at radius 3 is 1.39 bits per heavy atom.